The van der Waals surface area contributed by atoms with E-state index in [2.05, 4.69) is 16.4 Å². The lowest BCUT2D eigenvalue weighted by Gasteiger charge is -2.28. The first kappa shape index (κ1) is 8.51. The molecule has 1 aromatic rings. The summed E-state index contributed by atoms with van der Waals surface area (Å²) in [6.45, 7) is 3.15. The van der Waals surface area contributed by atoms with Gasteiger partial charge in [-0.25, -0.2) is 4.98 Å². The third-order valence-corrected chi connectivity index (χ3v) is 2.51. The second-order valence-electron chi connectivity index (χ2n) is 3.32. The standard InChI is InChI=1S/C10H14N2O/c1-7-8(9-5-6-11-9)3-4-10(12-7)13-2/h3-4,9,11H,5-6H2,1-2H3/t9-/m1/s1. The first-order valence-electron chi connectivity index (χ1n) is 4.56. The van der Waals surface area contributed by atoms with Gasteiger partial charge in [0.1, 0.15) is 0 Å². The lowest BCUT2D eigenvalue weighted by atomic mass is 9.97. The van der Waals surface area contributed by atoms with Gasteiger partial charge in [0.05, 0.1) is 7.11 Å². The van der Waals surface area contributed by atoms with Crippen molar-refractivity contribution in [3.8, 4) is 5.88 Å². The molecule has 1 aliphatic rings. The fourth-order valence-electron chi connectivity index (χ4n) is 1.58. The Hall–Kier alpha value is -1.09. The van der Waals surface area contributed by atoms with Gasteiger partial charge in [-0.05, 0) is 25.5 Å². The smallest absolute Gasteiger partial charge is 0.213 e. The highest BCUT2D eigenvalue weighted by Crippen LogP contribution is 2.25. The van der Waals surface area contributed by atoms with Crippen molar-refractivity contribution in [2.75, 3.05) is 13.7 Å². The second-order valence-corrected chi connectivity index (χ2v) is 3.32. The van der Waals surface area contributed by atoms with Gasteiger partial charge in [0.25, 0.3) is 0 Å². The largest absolute Gasteiger partial charge is 0.481 e. The molecule has 3 nitrogen and oxygen atoms in total. The van der Waals surface area contributed by atoms with Gasteiger partial charge in [-0.1, -0.05) is 6.07 Å². The van der Waals surface area contributed by atoms with Gasteiger partial charge in [-0.2, -0.15) is 0 Å². The lowest BCUT2D eigenvalue weighted by Crippen LogP contribution is -2.35. The molecule has 0 saturated carbocycles. The molecule has 0 unspecified atom stereocenters. The topological polar surface area (TPSA) is 34.1 Å². The van der Waals surface area contributed by atoms with Gasteiger partial charge < -0.3 is 10.1 Å². The van der Waals surface area contributed by atoms with Gasteiger partial charge in [0.15, 0.2) is 0 Å². The third-order valence-electron chi connectivity index (χ3n) is 2.51. The maximum Gasteiger partial charge on any atom is 0.213 e. The molecule has 0 spiro atoms. The van der Waals surface area contributed by atoms with Crippen molar-refractivity contribution in [2.24, 2.45) is 0 Å². The van der Waals surface area contributed by atoms with Crippen LogP contribution >= 0.6 is 0 Å². The summed E-state index contributed by atoms with van der Waals surface area (Å²) < 4.78 is 5.05. The van der Waals surface area contributed by atoms with Crippen LogP contribution in [0.3, 0.4) is 0 Å². The Kier molecular flexibility index (Phi) is 2.19. The highest BCUT2D eigenvalue weighted by molar-refractivity contribution is 5.28. The number of hydrogen-bond acceptors (Lipinski definition) is 3. The van der Waals surface area contributed by atoms with Crippen LogP contribution < -0.4 is 10.1 Å². The fourth-order valence-corrected chi connectivity index (χ4v) is 1.58. The van der Waals surface area contributed by atoms with Gasteiger partial charge >= 0.3 is 0 Å². The number of aromatic nitrogens is 1. The molecule has 3 heteroatoms. The molecule has 0 aromatic carbocycles. The number of nitrogens with one attached hydrogen (secondary N) is 1. The average Bonchev–Trinajstić information content (AvgIpc) is 2.05. The number of nitrogens with zero attached hydrogens (tertiary/aromatic N) is 1. The van der Waals surface area contributed by atoms with E-state index in [0.717, 1.165) is 12.2 Å². The quantitative estimate of drug-likeness (QED) is 0.744. The molecule has 1 fully saturated rings. The Labute approximate surface area is 78.1 Å². The maximum atomic E-state index is 5.05. The van der Waals surface area contributed by atoms with Crippen molar-refractivity contribution in [1.29, 1.82) is 0 Å². The number of hydrogen-bond donors (Lipinski definition) is 1. The summed E-state index contributed by atoms with van der Waals surface area (Å²) in [5.41, 5.74) is 2.36. The van der Waals surface area contributed by atoms with Gasteiger partial charge in [0, 0.05) is 17.8 Å². The van der Waals surface area contributed by atoms with Crippen molar-refractivity contribution in [1.82, 2.24) is 10.3 Å². The molecule has 0 amide bonds. The van der Waals surface area contributed by atoms with Crippen LogP contribution in [0.2, 0.25) is 0 Å². The Morgan fingerprint density at radius 1 is 1.54 bits per heavy atom. The van der Waals surface area contributed by atoms with E-state index < -0.39 is 0 Å². The van der Waals surface area contributed by atoms with Crippen LogP contribution in [-0.2, 0) is 0 Å². The van der Waals surface area contributed by atoms with Crippen molar-refractivity contribution in [3.05, 3.63) is 23.4 Å². The second kappa shape index (κ2) is 3.34. The molecule has 0 bridgehead atoms. The monoisotopic (exact) mass is 178 g/mol. The molecule has 2 rings (SSSR count). The van der Waals surface area contributed by atoms with E-state index in [1.807, 2.05) is 13.0 Å². The highest BCUT2D eigenvalue weighted by Gasteiger charge is 2.20. The first-order valence-corrected chi connectivity index (χ1v) is 4.56. The van der Waals surface area contributed by atoms with Crippen molar-refractivity contribution in [3.63, 3.8) is 0 Å². The van der Waals surface area contributed by atoms with Gasteiger partial charge in [0.2, 0.25) is 5.88 Å². The number of ether oxygens (including phenoxy) is 1. The number of pyridine rings is 1. The molecule has 13 heavy (non-hydrogen) atoms. The molecular formula is C10H14N2O. The molecule has 70 valence electrons. The van der Waals surface area contributed by atoms with E-state index in [1.165, 1.54) is 12.0 Å². The van der Waals surface area contributed by atoms with Crippen LogP contribution in [0.1, 0.15) is 23.7 Å². The predicted octanol–water partition coefficient (Wildman–Crippen LogP) is 1.43. The fraction of sp³-hybridized carbons (Fsp3) is 0.500. The SMILES string of the molecule is COc1ccc([C@H]2CCN2)c(C)n1. The van der Waals surface area contributed by atoms with E-state index in [-0.39, 0.29) is 0 Å². The molecule has 0 radical (unpaired) electrons. The Balaban J connectivity index is 2.26. The predicted molar refractivity (Wildman–Crippen MR) is 50.9 cm³/mol. The van der Waals surface area contributed by atoms with E-state index in [1.54, 1.807) is 7.11 Å². The molecule has 1 atom stereocenters. The minimum absolute atomic E-state index is 0.512. The van der Waals surface area contributed by atoms with E-state index in [9.17, 15) is 0 Å². The lowest BCUT2D eigenvalue weighted by molar-refractivity contribution is 0.374. The van der Waals surface area contributed by atoms with Gasteiger partial charge in [-0.3, -0.25) is 0 Å². The van der Waals surface area contributed by atoms with Crippen LogP contribution in [0.25, 0.3) is 0 Å². The van der Waals surface area contributed by atoms with Crippen molar-refractivity contribution < 1.29 is 4.74 Å². The zero-order chi connectivity index (χ0) is 9.26. The summed E-state index contributed by atoms with van der Waals surface area (Å²) in [6.07, 6.45) is 1.22. The molecule has 0 aliphatic carbocycles. The number of rotatable bonds is 2. The van der Waals surface area contributed by atoms with E-state index in [4.69, 9.17) is 4.74 Å². The Morgan fingerprint density at radius 3 is 2.77 bits per heavy atom. The highest BCUT2D eigenvalue weighted by atomic mass is 16.5. The summed E-state index contributed by atoms with van der Waals surface area (Å²) in [6, 6.07) is 4.53. The van der Waals surface area contributed by atoms with Crippen LogP contribution in [-0.4, -0.2) is 18.6 Å². The Bertz CT molecular complexity index is 308. The Morgan fingerprint density at radius 2 is 2.31 bits per heavy atom. The van der Waals surface area contributed by atoms with Crippen LogP contribution in [0.4, 0.5) is 0 Å². The van der Waals surface area contributed by atoms with Crippen LogP contribution in [0.15, 0.2) is 12.1 Å². The minimum atomic E-state index is 0.512. The summed E-state index contributed by atoms with van der Waals surface area (Å²) >= 11 is 0. The van der Waals surface area contributed by atoms with Crippen LogP contribution in [0.5, 0.6) is 5.88 Å². The number of aryl methyl sites for hydroxylation is 1. The molecular weight excluding hydrogens is 164 g/mol. The summed E-state index contributed by atoms with van der Waals surface area (Å²) in [7, 11) is 1.64. The summed E-state index contributed by atoms with van der Waals surface area (Å²) in [5.74, 6) is 0.695. The van der Waals surface area contributed by atoms with E-state index >= 15 is 0 Å². The summed E-state index contributed by atoms with van der Waals surface area (Å²) in [4.78, 5) is 4.33. The zero-order valence-corrected chi connectivity index (χ0v) is 8.00. The van der Waals surface area contributed by atoms with Crippen molar-refractivity contribution in [2.45, 2.75) is 19.4 Å². The molecule has 1 aliphatic heterocycles. The minimum Gasteiger partial charge on any atom is -0.481 e. The zero-order valence-electron chi connectivity index (χ0n) is 8.00. The molecule has 1 aromatic heterocycles. The van der Waals surface area contributed by atoms with Crippen molar-refractivity contribution >= 4 is 0 Å². The van der Waals surface area contributed by atoms with E-state index in [0.29, 0.717) is 11.9 Å². The average molecular weight is 178 g/mol. The van der Waals surface area contributed by atoms with Crippen LogP contribution in [0, 0.1) is 6.92 Å². The maximum absolute atomic E-state index is 5.05. The van der Waals surface area contributed by atoms with Gasteiger partial charge in [-0.15, -0.1) is 0 Å². The normalized spacial score (nSPS) is 20.9. The summed E-state index contributed by atoms with van der Waals surface area (Å²) in [5, 5.41) is 3.36. The number of methoxy groups -OCH3 is 1. The molecule has 1 saturated heterocycles. The third kappa shape index (κ3) is 1.52. The first-order chi connectivity index (χ1) is 6.31. The molecule has 1 N–H and O–H groups in total. The molecule has 2 heterocycles.